The minimum atomic E-state index is -0.536. The van der Waals surface area contributed by atoms with Crippen molar-refractivity contribution in [1.82, 2.24) is 9.80 Å². The molecule has 3 aromatic carbocycles. The summed E-state index contributed by atoms with van der Waals surface area (Å²) in [6.45, 7) is 2.60. The molecular formula is C26H26N4O2S. The predicted octanol–water partition coefficient (Wildman–Crippen LogP) is 3.65. The van der Waals surface area contributed by atoms with Gasteiger partial charge in [-0.1, -0.05) is 60.3 Å². The van der Waals surface area contributed by atoms with E-state index in [0.29, 0.717) is 32.6 Å². The molecule has 7 heteroatoms. The molecule has 0 spiro atoms. The van der Waals surface area contributed by atoms with Gasteiger partial charge in [-0.25, -0.2) is 4.99 Å². The van der Waals surface area contributed by atoms with E-state index in [0.717, 1.165) is 32.4 Å². The van der Waals surface area contributed by atoms with Crippen molar-refractivity contribution >= 4 is 29.2 Å². The maximum Gasteiger partial charge on any atom is 0.239 e. The van der Waals surface area contributed by atoms with Crippen molar-refractivity contribution in [3.05, 3.63) is 83.9 Å². The van der Waals surface area contributed by atoms with Crippen LogP contribution in [-0.4, -0.2) is 58.9 Å². The lowest BCUT2D eigenvalue weighted by Gasteiger charge is -2.37. The number of piperazine rings is 1. The highest BCUT2D eigenvalue weighted by Crippen LogP contribution is 2.42. The number of phenolic OH excluding ortho intramolecular Hbond substituents is 1. The van der Waals surface area contributed by atoms with Crippen molar-refractivity contribution in [3.8, 4) is 5.75 Å². The highest BCUT2D eigenvalue weighted by atomic mass is 32.2. The quantitative estimate of drug-likeness (QED) is 0.626. The van der Waals surface area contributed by atoms with Gasteiger partial charge in [0.05, 0.1) is 11.7 Å². The lowest BCUT2D eigenvalue weighted by atomic mass is 10.1. The third-order valence-corrected chi connectivity index (χ3v) is 7.15. The molecule has 0 radical (unpaired) electrons. The first-order valence-electron chi connectivity index (χ1n) is 11.1. The Kier molecular flexibility index (Phi) is 6.07. The SMILES string of the molecule is N[C@@H](Cc1ccccc1)C(=O)N1CCN(C2=Nc3ccc(O)cc3Sc3ccccc32)CC1. The second-order valence-electron chi connectivity index (χ2n) is 8.29. The minimum Gasteiger partial charge on any atom is -0.508 e. The fourth-order valence-electron chi connectivity index (χ4n) is 4.28. The first kappa shape index (κ1) is 21.6. The first-order chi connectivity index (χ1) is 16.1. The Bertz CT molecular complexity index is 1190. The van der Waals surface area contributed by atoms with Crippen molar-refractivity contribution in [2.24, 2.45) is 10.7 Å². The zero-order chi connectivity index (χ0) is 22.8. The van der Waals surface area contributed by atoms with Gasteiger partial charge in [-0.05, 0) is 36.2 Å². The highest BCUT2D eigenvalue weighted by molar-refractivity contribution is 7.99. The Morgan fingerprint density at radius 2 is 1.70 bits per heavy atom. The minimum absolute atomic E-state index is 0.00177. The van der Waals surface area contributed by atoms with E-state index in [-0.39, 0.29) is 11.7 Å². The zero-order valence-electron chi connectivity index (χ0n) is 18.2. The number of phenols is 1. The van der Waals surface area contributed by atoms with Crippen molar-refractivity contribution in [3.63, 3.8) is 0 Å². The van der Waals surface area contributed by atoms with Gasteiger partial charge in [0, 0.05) is 41.5 Å². The van der Waals surface area contributed by atoms with Gasteiger partial charge in [0.1, 0.15) is 11.6 Å². The van der Waals surface area contributed by atoms with E-state index in [1.807, 2.05) is 53.4 Å². The molecule has 2 aliphatic rings. The van der Waals surface area contributed by atoms with Crippen molar-refractivity contribution in [2.45, 2.75) is 22.3 Å². The number of fused-ring (bicyclic) bond motifs is 2. The number of benzene rings is 3. The Morgan fingerprint density at radius 1 is 0.970 bits per heavy atom. The van der Waals surface area contributed by atoms with Gasteiger partial charge in [0.2, 0.25) is 5.91 Å². The number of carbonyl (C=O) groups excluding carboxylic acids is 1. The summed E-state index contributed by atoms with van der Waals surface area (Å²) in [5.41, 5.74) is 9.24. The molecule has 3 aromatic rings. The number of hydrogen-bond acceptors (Lipinski definition) is 6. The lowest BCUT2D eigenvalue weighted by molar-refractivity contribution is -0.133. The molecule has 6 nitrogen and oxygen atoms in total. The van der Waals surface area contributed by atoms with Gasteiger partial charge >= 0.3 is 0 Å². The number of aromatic hydroxyl groups is 1. The molecule has 3 N–H and O–H groups in total. The van der Waals surface area contributed by atoms with Crippen molar-refractivity contribution < 1.29 is 9.90 Å². The van der Waals surface area contributed by atoms with Crippen LogP contribution in [0.1, 0.15) is 11.1 Å². The predicted molar refractivity (Wildman–Crippen MR) is 131 cm³/mol. The van der Waals surface area contributed by atoms with Crippen molar-refractivity contribution in [1.29, 1.82) is 0 Å². The number of amidine groups is 1. The molecule has 0 bridgehead atoms. The van der Waals surface area contributed by atoms with E-state index in [4.69, 9.17) is 10.7 Å². The van der Waals surface area contributed by atoms with E-state index in [1.165, 1.54) is 0 Å². The summed E-state index contributed by atoms with van der Waals surface area (Å²) < 4.78 is 0. The summed E-state index contributed by atoms with van der Waals surface area (Å²) in [5.74, 6) is 1.14. The molecule has 1 fully saturated rings. The summed E-state index contributed by atoms with van der Waals surface area (Å²) in [4.78, 5) is 24.1. The molecule has 2 heterocycles. The summed E-state index contributed by atoms with van der Waals surface area (Å²) in [7, 11) is 0. The standard InChI is InChI=1S/C26H26N4O2S/c27-21(16-18-6-2-1-3-7-18)26(32)30-14-12-29(13-15-30)25-20-8-4-5-9-23(20)33-24-17-19(31)10-11-22(24)28-25/h1-11,17,21,31H,12-16,27H2/t21-/m0/s1. The number of carbonyl (C=O) groups is 1. The number of aliphatic imine (C=N–C) groups is 1. The maximum absolute atomic E-state index is 13.0. The van der Waals surface area contributed by atoms with Crippen LogP contribution in [0.3, 0.4) is 0 Å². The van der Waals surface area contributed by atoms with Gasteiger partial charge in [0.15, 0.2) is 0 Å². The van der Waals surface area contributed by atoms with Crippen LogP contribution < -0.4 is 5.73 Å². The lowest BCUT2D eigenvalue weighted by Crippen LogP contribution is -2.54. The van der Waals surface area contributed by atoms with Crippen LogP contribution in [0.25, 0.3) is 0 Å². The molecule has 0 unspecified atom stereocenters. The van der Waals surface area contributed by atoms with Crippen LogP contribution in [0.4, 0.5) is 5.69 Å². The molecule has 2 aliphatic heterocycles. The van der Waals surface area contributed by atoms with Gasteiger partial charge in [-0.2, -0.15) is 0 Å². The van der Waals surface area contributed by atoms with E-state index in [2.05, 4.69) is 17.0 Å². The summed E-state index contributed by atoms with van der Waals surface area (Å²) in [6.07, 6.45) is 0.542. The molecule has 1 saturated heterocycles. The largest absolute Gasteiger partial charge is 0.508 e. The van der Waals surface area contributed by atoms with Crippen LogP contribution in [0.15, 0.2) is 87.6 Å². The molecule has 5 rings (SSSR count). The molecule has 1 atom stereocenters. The summed E-state index contributed by atoms with van der Waals surface area (Å²) >= 11 is 1.61. The summed E-state index contributed by atoms with van der Waals surface area (Å²) in [5, 5.41) is 9.94. The molecule has 168 valence electrons. The smallest absolute Gasteiger partial charge is 0.239 e. The Hall–Kier alpha value is -3.29. The van der Waals surface area contributed by atoms with Crippen LogP contribution >= 0.6 is 11.8 Å². The summed E-state index contributed by atoms with van der Waals surface area (Å²) in [6, 6.07) is 22.8. The third-order valence-electron chi connectivity index (χ3n) is 6.02. The topological polar surface area (TPSA) is 82.2 Å². The zero-order valence-corrected chi connectivity index (χ0v) is 19.0. The number of amides is 1. The van der Waals surface area contributed by atoms with E-state index >= 15 is 0 Å². The maximum atomic E-state index is 13.0. The van der Waals surface area contributed by atoms with E-state index < -0.39 is 6.04 Å². The van der Waals surface area contributed by atoms with E-state index in [1.54, 1.807) is 23.9 Å². The number of rotatable bonds is 3. The third kappa shape index (κ3) is 4.60. The van der Waals surface area contributed by atoms with Crippen LogP contribution in [0.5, 0.6) is 5.75 Å². The average molecular weight is 459 g/mol. The Labute approximate surface area is 197 Å². The second kappa shape index (κ2) is 9.29. The number of nitrogens with zero attached hydrogens (tertiary/aromatic N) is 3. The molecule has 33 heavy (non-hydrogen) atoms. The molecule has 0 saturated carbocycles. The Morgan fingerprint density at radius 3 is 2.48 bits per heavy atom. The second-order valence-corrected chi connectivity index (χ2v) is 9.38. The van der Waals surface area contributed by atoms with Gasteiger partial charge in [-0.15, -0.1) is 0 Å². The first-order valence-corrected chi connectivity index (χ1v) is 11.9. The van der Waals surface area contributed by atoms with Crippen molar-refractivity contribution in [2.75, 3.05) is 26.2 Å². The Balaban J connectivity index is 1.33. The van der Waals surface area contributed by atoms with E-state index in [9.17, 15) is 9.90 Å². The molecule has 0 aliphatic carbocycles. The van der Waals surface area contributed by atoms with Gasteiger partial charge < -0.3 is 20.6 Å². The number of nitrogens with two attached hydrogens (primary N) is 1. The highest BCUT2D eigenvalue weighted by Gasteiger charge is 2.29. The normalized spacial score (nSPS) is 16.3. The van der Waals surface area contributed by atoms with Crippen LogP contribution in [-0.2, 0) is 11.2 Å². The fourth-order valence-corrected chi connectivity index (χ4v) is 5.33. The van der Waals surface area contributed by atoms with Gasteiger partial charge in [-0.3, -0.25) is 4.79 Å². The monoisotopic (exact) mass is 458 g/mol. The van der Waals surface area contributed by atoms with Crippen LogP contribution in [0.2, 0.25) is 0 Å². The average Bonchev–Trinajstić information content (AvgIpc) is 3.00. The molecule has 1 amide bonds. The number of hydrogen-bond donors (Lipinski definition) is 2. The fraction of sp³-hybridized carbons (Fsp3) is 0.231. The molecule has 0 aromatic heterocycles. The molecular weight excluding hydrogens is 432 g/mol. The van der Waals surface area contributed by atoms with Crippen LogP contribution in [0, 0.1) is 0 Å². The van der Waals surface area contributed by atoms with Gasteiger partial charge in [0.25, 0.3) is 0 Å².